The molecule has 1 aromatic rings. The highest BCUT2D eigenvalue weighted by molar-refractivity contribution is 5.76. The Bertz CT molecular complexity index is 340. The van der Waals surface area contributed by atoms with Gasteiger partial charge in [-0.3, -0.25) is 4.79 Å². The van der Waals surface area contributed by atoms with Gasteiger partial charge in [-0.2, -0.15) is 0 Å². The molecule has 0 aliphatic carbocycles. The van der Waals surface area contributed by atoms with Gasteiger partial charge in [0.05, 0.1) is 6.10 Å². The van der Waals surface area contributed by atoms with E-state index >= 15 is 0 Å². The van der Waals surface area contributed by atoms with Gasteiger partial charge in [0, 0.05) is 0 Å². The van der Waals surface area contributed by atoms with Crippen molar-refractivity contribution >= 4 is 5.97 Å². The van der Waals surface area contributed by atoms with E-state index in [0.717, 1.165) is 12.0 Å². The zero-order valence-electron chi connectivity index (χ0n) is 10.0. The van der Waals surface area contributed by atoms with Crippen molar-refractivity contribution in [1.82, 2.24) is 0 Å². The van der Waals surface area contributed by atoms with Crippen molar-refractivity contribution in [3.05, 3.63) is 35.9 Å². The van der Waals surface area contributed by atoms with Crippen LogP contribution in [0.2, 0.25) is 0 Å². The SMILES string of the molecule is CCC[C@H](O)[C@H](N)C(=O)OCc1ccccc1. The third-order valence-electron chi connectivity index (χ3n) is 2.50. The fourth-order valence-corrected chi connectivity index (χ4v) is 1.46. The Morgan fingerprint density at radius 1 is 1.41 bits per heavy atom. The van der Waals surface area contributed by atoms with Crippen molar-refractivity contribution in [3.8, 4) is 0 Å². The molecule has 0 radical (unpaired) electrons. The van der Waals surface area contributed by atoms with Crippen LogP contribution in [0.4, 0.5) is 0 Å². The molecule has 0 amide bonds. The number of nitrogens with two attached hydrogens (primary N) is 1. The van der Waals surface area contributed by atoms with Gasteiger partial charge in [-0.15, -0.1) is 0 Å². The van der Waals surface area contributed by atoms with Crippen LogP contribution in [-0.2, 0) is 16.1 Å². The maximum Gasteiger partial charge on any atom is 0.325 e. The Kier molecular flexibility index (Phi) is 5.66. The lowest BCUT2D eigenvalue weighted by molar-refractivity contribution is -0.149. The summed E-state index contributed by atoms with van der Waals surface area (Å²) in [6, 6.07) is 8.40. The summed E-state index contributed by atoms with van der Waals surface area (Å²) >= 11 is 0. The summed E-state index contributed by atoms with van der Waals surface area (Å²) in [6.45, 7) is 2.11. The predicted molar refractivity (Wildman–Crippen MR) is 65.1 cm³/mol. The van der Waals surface area contributed by atoms with E-state index < -0.39 is 18.1 Å². The molecule has 0 fully saturated rings. The molecule has 3 N–H and O–H groups in total. The highest BCUT2D eigenvalue weighted by atomic mass is 16.5. The Morgan fingerprint density at radius 2 is 2.06 bits per heavy atom. The minimum absolute atomic E-state index is 0.187. The van der Waals surface area contributed by atoms with Crippen molar-refractivity contribution in [3.63, 3.8) is 0 Å². The Morgan fingerprint density at radius 3 is 2.65 bits per heavy atom. The van der Waals surface area contributed by atoms with E-state index in [1.807, 2.05) is 37.3 Å². The second kappa shape index (κ2) is 7.04. The zero-order chi connectivity index (χ0) is 12.7. The summed E-state index contributed by atoms with van der Waals surface area (Å²) in [7, 11) is 0. The largest absolute Gasteiger partial charge is 0.460 e. The molecule has 17 heavy (non-hydrogen) atoms. The molecule has 0 bridgehead atoms. The average Bonchev–Trinajstić information content (AvgIpc) is 2.36. The van der Waals surface area contributed by atoms with Crippen LogP contribution in [0.5, 0.6) is 0 Å². The molecule has 0 heterocycles. The number of aliphatic hydroxyl groups is 1. The summed E-state index contributed by atoms with van der Waals surface area (Å²) in [5.74, 6) is -0.560. The van der Waals surface area contributed by atoms with Crippen LogP contribution in [-0.4, -0.2) is 23.2 Å². The van der Waals surface area contributed by atoms with Crippen LogP contribution in [0.1, 0.15) is 25.3 Å². The molecule has 1 aromatic carbocycles. The average molecular weight is 237 g/mol. The first-order valence-electron chi connectivity index (χ1n) is 5.79. The van der Waals surface area contributed by atoms with Gasteiger partial charge in [-0.05, 0) is 12.0 Å². The van der Waals surface area contributed by atoms with Crippen LogP contribution in [0.3, 0.4) is 0 Å². The maximum absolute atomic E-state index is 11.5. The van der Waals surface area contributed by atoms with Crippen molar-refractivity contribution in [1.29, 1.82) is 0 Å². The smallest absolute Gasteiger partial charge is 0.325 e. The standard InChI is InChI=1S/C13H19NO3/c1-2-6-11(15)12(14)13(16)17-9-10-7-4-3-5-8-10/h3-5,7-8,11-12,15H,2,6,9,14H2,1H3/t11-,12-/m0/s1. The Balaban J connectivity index is 2.39. The first-order valence-corrected chi connectivity index (χ1v) is 5.79. The predicted octanol–water partition coefficient (Wildman–Crippen LogP) is 1.22. The number of aliphatic hydroxyl groups excluding tert-OH is 1. The molecule has 1 rings (SSSR count). The molecule has 4 nitrogen and oxygen atoms in total. The maximum atomic E-state index is 11.5. The molecule has 0 spiro atoms. The van der Waals surface area contributed by atoms with Crippen LogP contribution in [0, 0.1) is 0 Å². The molecular weight excluding hydrogens is 218 g/mol. The molecule has 0 aliphatic rings. The van der Waals surface area contributed by atoms with Crippen LogP contribution < -0.4 is 5.73 Å². The highest BCUT2D eigenvalue weighted by Crippen LogP contribution is 2.05. The van der Waals surface area contributed by atoms with Crippen LogP contribution in [0.25, 0.3) is 0 Å². The number of rotatable bonds is 6. The molecule has 0 aromatic heterocycles. The van der Waals surface area contributed by atoms with Crippen LogP contribution >= 0.6 is 0 Å². The molecule has 0 saturated heterocycles. The highest BCUT2D eigenvalue weighted by Gasteiger charge is 2.23. The molecular formula is C13H19NO3. The number of benzene rings is 1. The molecule has 2 atom stereocenters. The summed E-state index contributed by atoms with van der Waals surface area (Å²) in [5.41, 5.74) is 6.49. The van der Waals surface area contributed by atoms with Gasteiger partial charge in [0.2, 0.25) is 0 Å². The van der Waals surface area contributed by atoms with Crippen molar-refractivity contribution in [2.45, 2.75) is 38.5 Å². The fraction of sp³-hybridized carbons (Fsp3) is 0.462. The van der Waals surface area contributed by atoms with Gasteiger partial charge < -0.3 is 15.6 Å². The lowest BCUT2D eigenvalue weighted by Gasteiger charge is -2.16. The Hall–Kier alpha value is -1.39. The molecule has 0 unspecified atom stereocenters. The van der Waals surface area contributed by atoms with Gasteiger partial charge in [-0.1, -0.05) is 43.7 Å². The zero-order valence-corrected chi connectivity index (χ0v) is 10.0. The lowest BCUT2D eigenvalue weighted by atomic mass is 10.1. The van der Waals surface area contributed by atoms with E-state index in [-0.39, 0.29) is 6.61 Å². The second-order valence-electron chi connectivity index (χ2n) is 3.98. The van der Waals surface area contributed by atoms with Gasteiger partial charge in [-0.25, -0.2) is 0 Å². The van der Waals surface area contributed by atoms with Gasteiger partial charge in [0.1, 0.15) is 12.6 Å². The normalized spacial score (nSPS) is 14.1. The minimum Gasteiger partial charge on any atom is -0.460 e. The van der Waals surface area contributed by atoms with Crippen molar-refractivity contribution in [2.24, 2.45) is 5.73 Å². The lowest BCUT2D eigenvalue weighted by Crippen LogP contribution is -2.42. The molecule has 4 heteroatoms. The van der Waals surface area contributed by atoms with E-state index in [4.69, 9.17) is 10.5 Å². The fourth-order valence-electron chi connectivity index (χ4n) is 1.46. The molecule has 94 valence electrons. The number of ether oxygens (including phenoxy) is 1. The number of hydrogen-bond donors (Lipinski definition) is 2. The summed E-state index contributed by atoms with van der Waals surface area (Å²) in [4.78, 5) is 11.5. The van der Waals surface area contributed by atoms with E-state index in [9.17, 15) is 9.90 Å². The number of esters is 1. The second-order valence-corrected chi connectivity index (χ2v) is 3.98. The summed E-state index contributed by atoms with van der Waals surface area (Å²) in [5, 5.41) is 9.56. The van der Waals surface area contributed by atoms with Gasteiger partial charge in [0.15, 0.2) is 0 Å². The van der Waals surface area contributed by atoms with Crippen molar-refractivity contribution in [2.75, 3.05) is 0 Å². The number of carbonyl (C=O) groups is 1. The first kappa shape index (κ1) is 13.7. The van der Waals surface area contributed by atoms with E-state index in [0.29, 0.717) is 6.42 Å². The molecule has 0 aliphatic heterocycles. The summed E-state index contributed by atoms with van der Waals surface area (Å²) < 4.78 is 5.03. The minimum atomic E-state index is -0.960. The summed E-state index contributed by atoms with van der Waals surface area (Å²) in [6.07, 6.45) is 0.450. The van der Waals surface area contributed by atoms with Crippen LogP contribution in [0.15, 0.2) is 30.3 Å². The topological polar surface area (TPSA) is 72.5 Å². The third kappa shape index (κ3) is 4.54. The number of carbonyl (C=O) groups excluding carboxylic acids is 1. The van der Waals surface area contributed by atoms with E-state index in [1.54, 1.807) is 0 Å². The monoisotopic (exact) mass is 237 g/mol. The van der Waals surface area contributed by atoms with Crippen molar-refractivity contribution < 1.29 is 14.6 Å². The molecule has 0 saturated carbocycles. The van der Waals surface area contributed by atoms with E-state index in [1.165, 1.54) is 0 Å². The Labute approximate surface area is 101 Å². The van der Waals surface area contributed by atoms with Gasteiger partial charge >= 0.3 is 5.97 Å². The number of hydrogen-bond acceptors (Lipinski definition) is 4. The van der Waals surface area contributed by atoms with E-state index in [2.05, 4.69) is 0 Å². The van der Waals surface area contributed by atoms with Gasteiger partial charge in [0.25, 0.3) is 0 Å². The first-order chi connectivity index (χ1) is 8.15. The quantitative estimate of drug-likeness (QED) is 0.730. The third-order valence-corrected chi connectivity index (χ3v) is 2.50.